The second kappa shape index (κ2) is 10.1. The first-order chi connectivity index (χ1) is 14.8. The number of benzene rings is 2. The van der Waals surface area contributed by atoms with Crippen LogP contribution in [0.3, 0.4) is 0 Å². The highest BCUT2D eigenvalue weighted by Crippen LogP contribution is 2.26. The molecule has 3 rings (SSSR count). The van der Waals surface area contributed by atoms with Crippen molar-refractivity contribution in [3.05, 3.63) is 59.1 Å². The van der Waals surface area contributed by atoms with E-state index in [4.69, 9.17) is 16.3 Å². The van der Waals surface area contributed by atoms with Crippen LogP contribution in [0.25, 0.3) is 0 Å². The molecule has 1 saturated heterocycles. The van der Waals surface area contributed by atoms with Gasteiger partial charge < -0.3 is 15.4 Å². The maximum absolute atomic E-state index is 13.0. The Morgan fingerprint density at radius 2 is 1.71 bits per heavy atom. The number of hydrogen-bond donors (Lipinski definition) is 2. The molecule has 0 bridgehead atoms. The van der Waals surface area contributed by atoms with E-state index >= 15 is 0 Å². The molecule has 2 aromatic carbocycles. The Bertz CT molecular complexity index is 1030. The lowest BCUT2D eigenvalue weighted by molar-refractivity contribution is -0.139. The van der Waals surface area contributed by atoms with Crippen molar-refractivity contribution in [1.29, 1.82) is 0 Å². The number of ether oxygens (including phenoxy) is 1. The molecule has 0 radical (unpaired) electrons. The third kappa shape index (κ3) is 5.75. The van der Waals surface area contributed by atoms with Crippen molar-refractivity contribution >= 4 is 33.4 Å². The largest absolute Gasteiger partial charge is 0.497 e. The van der Waals surface area contributed by atoms with Gasteiger partial charge in [0, 0.05) is 30.7 Å². The van der Waals surface area contributed by atoms with Gasteiger partial charge in [0.1, 0.15) is 5.75 Å². The maximum Gasteiger partial charge on any atom is 0.309 e. The van der Waals surface area contributed by atoms with Crippen molar-refractivity contribution in [3.8, 4) is 5.75 Å². The predicted octanol–water partition coefficient (Wildman–Crippen LogP) is 1.93. The summed E-state index contributed by atoms with van der Waals surface area (Å²) in [4.78, 5) is 24.4. The highest BCUT2D eigenvalue weighted by molar-refractivity contribution is 7.89. The Hall–Kier alpha value is -2.62. The minimum atomic E-state index is -3.72. The smallest absolute Gasteiger partial charge is 0.309 e. The summed E-state index contributed by atoms with van der Waals surface area (Å²) in [7, 11) is -2.21. The number of amides is 2. The maximum atomic E-state index is 13.0. The second-order valence-electron chi connectivity index (χ2n) is 7.11. The fourth-order valence-electron chi connectivity index (χ4n) is 3.37. The van der Waals surface area contributed by atoms with Crippen LogP contribution < -0.4 is 15.4 Å². The molecule has 0 saturated carbocycles. The lowest BCUT2D eigenvalue weighted by Crippen LogP contribution is -2.46. The average Bonchev–Trinajstić information content (AvgIpc) is 3.26. The molecule has 0 aliphatic carbocycles. The minimum absolute atomic E-state index is 0.0581. The zero-order valence-corrected chi connectivity index (χ0v) is 18.6. The van der Waals surface area contributed by atoms with Gasteiger partial charge in [0.2, 0.25) is 10.0 Å². The molecule has 10 heteroatoms. The van der Waals surface area contributed by atoms with E-state index in [-0.39, 0.29) is 18.0 Å². The molecule has 1 aliphatic rings. The molecule has 1 heterocycles. The van der Waals surface area contributed by atoms with Crippen LogP contribution in [0.2, 0.25) is 5.02 Å². The fraction of sp³-hybridized carbons (Fsp3) is 0.333. The lowest BCUT2D eigenvalue weighted by Gasteiger charge is -2.24. The van der Waals surface area contributed by atoms with Gasteiger partial charge in [0.05, 0.1) is 12.0 Å². The number of hydrogen-bond acceptors (Lipinski definition) is 5. The first-order valence-electron chi connectivity index (χ1n) is 9.77. The van der Waals surface area contributed by atoms with E-state index in [1.54, 1.807) is 36.4 Å². The third-order valence-electron chi connectivity index (χ3n) is 5.06. The summed E-state index contributed by atoms with van der Waals surface area (Å²) < 4.78 is 32.4. The van der Waals surface area contributed by atoms with Crippen molar-refractivity contribution in [2.24, 2.45) is 0 Å². The standard InChI is InChI=1S/C21H24ClN3O5S/c1-30-18-8-10-19(11-9-18)31(28,29)25-12-2-3-17(25)14-24-21(27)20(26)23-13-15-4-6-16(22)7-5-15/h4-11,17H,2-3,12-14H2,1H3,(H,23,26)(H,24,27). The monoisotopic (exact) mass is 465 g/mol. The predicted molar refractivity (Wildman–Crippen MR) is 116 cm³/mol. The zero-order chi connectivity index (χ0) is 22.4. The molecule has 1 aliphatic heterocycles. The molecule has 2 amide bonds. The zero-order valence-electron chi connectivity index (χ0n) is 17.0. The lowest BCUT2D eigenvalue weighted by atomic mass is 10.2. The second-order valence-corrected chi connectivity index (χ2v) is 9.43. The molecular weight excluding hydrogens is 442 g/mol. The quantitative estimate of drug-likeness (QED) is 0.608. The first kappa shape index (κ1) is 23.1. The van der Waals surface area contributed by atoms with Crippen molar-refractivity contribution < 1.29 is 22.7 Å². The van der Waals surface area contributed by atoms with Crippen molar-refractivity contribution in [1.82, 2.24) is 14.9 Å². The third-order valence-corrected chi connectivity index (χ3v) is 7.28. The van der Waals surface area contributed by atoms with Gasteiger partial charge in [-0.3, -0.25) is 9.59 Å². The van der Waals surface area contributed by atoms with Crippen LogP contribution in [0.1, 0.15) is 18.4 Å². The minimum Gasteiger partial charge on any atom is -0.497 e. The van der Waals surface area contributed by atoms with Gasteiger partial charge in [-0.1, -0.05) is 23.7 Å². The van der Waals surface area contributed by atoms with Crippen LogP contribution in [-0.4, -0.2) is 50.8 Å². The molecule has 0 spiro atoms. The Morgan fingerprint density at radius 3 is 2.35 bits per heavy atom. The van der Waals surface area contributed by atoms with E-state index in [2.05, 4.69) is 10.6 Å². The highest BCUT2D eigenvalue weighted by Gasteiger charge is 2.35. The summed E-state index contributed by atoms with van der Waals surface area (Å²) in [6, 6.07) is 12.6. The van der Waals surface area contributed by atoms with Crippen LogP contribution in [0, 0.1) is 0 Å². The van der Waals surface area contributed by atoms with E-state index in [1.807, 2.05) is 0 Å². The van der Waals surface area contributed by atoms with E-state index in [1.165, 1.54) is 23.5 Å². The van der Waals surface area contributed by atoms with Crippen LogP contribution >= 0.6 is 11.6 Å². The SMILES string of the molecule is COc1ccc(S(=O)(=O)N2CCCC2CNC(=O)C(=O)NCc2ccc(Cl)cc2)cc1. The number of nitrogens with one attached hydrogen (secondary N) is 2. The Morgan fingerprint density at radius 1 is 1.06 bits per heavy atom. The molecule has 1 atom stereocenters. The number of halogens is 1. The van der Waals surface area contributed by atoms with Gasteiger partial charge in [-0.25, -0.2) is 8.42 Å². The Kier molecular flexibility index (Phi) is 7.53. The number of carbonyl (C=O) groups is 2. The number of sulfonamides is 1. The van der Waals surface area contributed by atoms with Gasteiger partial charge in [-0.2, -0.15) is 4.31 Å². The van der Waals surface area contributed by atoms with Gasteiger partial charge in [0.15, 0.2) is 0 Å². The number of nitrogens with zero attached hydrogens (tertiary/aromatic N) is 1. The van der Waals surface area contributed by atoms with Gasteiger partial charge in [-0.05, 0) is 54.8 Å². The van der Waals surface area contributed by atoms with Crippen molar-refractivity contribution in [2.75, 3.05) is 20.2 Å². The molecule has 2 N–H and O–H groups in total. The topological polar surface area (TPSA) is 105 Å². The number of rotatable bonds is 7. The molecular formula is C21H24ClN3O5S. The van der Waals surface area contributed by atoms with E-state index in [0.29, 0.717) is 30.2 Å². The van der Waals surface area contributed by atoms with E-state index < -0.39 is 27.9 Å². The van der Waals surface area contributed by atoms with Gasteiger partial charge in [0.25, 0.3) is 0 Å². The van der Waals surface area contributed by atoms with Crippen molar-refractivity contribution in [3.63, 3.8) is 0 Å². The number of carbonyl (C=O) groups excluding carboxylic acids is 2. The molecule has 2 aromatic rings. The highest BCUT2D eigenvalue weighted by atomic mass is 35.5. The fourth-order valence-corrected chi connectivity index (χ4v) is 5.19. The average molecular weight is 466 g/mol. The first-order valence-corrected chi connectivity index (χ1v) is 11.6. The molecule has 0 aromatic heterocycles. The van der Waals surface area contributed by atoms with E-state index in [9.17, 15) is 18.0 Å². The summed E-state index contributed by atoms with van der Waals surface area (Å²) >= 11 is 5.82. The summed E-state index contributed by atoms with van der Waals surface area (Å²) in [5.41, 5.74) is 0.804. The van der Waals surface area contributed by atoms with Crippen LogP contribution in [-0.2, 0) is 26.2 Å². The molecule has 166 valence electrons. The van der Waals surface area contributed by atoms with Crippen molar-refractivity contribution in [2.45, 2.75) is 30.3 Å². The summed E-state index contributed by atoms with van der Waals surface area (Å²) in [6.07, 6.45) is 1.28. The molecule has 31 heavy (non-hydrogen) atoms. The molecule has 8 nitrogen and oxygen atoms in total. The summed E-state index contributed by atoms with van der Waals surface area (Å²) in [5.74, 6) is -1.02. The van der Waals surface area contributed by atoms with Gasteiger partial charge in [-0.15, -0.1) is 0 Å². The van der Waals surface area contributed by atoms with Crippen LogP contribution in [0.4, 0.5) is 0 Å². The summed E-state index contributed by atoms with van der Waals surface area (Å²) in [5, 5.41) is 5.66. The van der Waals surface area contributed by atoms with Crippen LogP contribution in [0.15, 0.2) is 53.4 Å². The Labute approximate surface area is 186 Å². The number of methoxy groups -OCH3 is 1. The summed E-state index contributed by atoms with van der Waals surface area (Å²) in [6.45, 7) is 0.602. The normalized spacial score (nSPS) is 16.6. The van der Waals surface area contributed by atoms with Gasteiger partial charge >= 0.3 is 11.8 Å². The van der Waals surface area contributed by atoms with E-state index in [0.717, 1.165) is 5.56 Å². The molecule has 1 fully saturated rings. The molecule has 1 unspecified atom stereocenters. The van der Waals surface area contributed by atoms with Crippen LogP contribution in [0.5, 0.6) is 5.75 Å². The Balaban J connectivity index is 1.55.